The van der Waals surface area contributed by atoms with E-state index >= 15 is 0 Å². The molecule has 3 amide bonds. The molecule has 0 fully saturated rings. The number of benzene rings is 1. The Labute approximate surface area is 149 Å². The number of hydrogen-bond donors (Lipinski definition) is 1. The Morgan fingerprint density at radius 1 is 1.12 bits per heavy atom. The molecule has 0 bridgehead atoms. The van der Waals surface area contributed by atoms with Gasteiger partial charge in [-0.3, -0.25) is 19.3 Å². The van der Waals surface area contributed by atoms with E-state index in [9.17, 15) is 14.4 Å². The number of rotatable bonds is 8. The fourth-order valence-corrected chi connectivity index (χ4v) is 2.99. The lowest BCUT2D eigenvalue weighted by molar-refractivity contribution is -0.125. The number of carbonyl (C=O) groups is 3. The molecule has 1 aromatic rings. The topological polar surface area (TPSA) is 69.7 Å². The van der Waals surface area contributed by atoms with Gasteiger partial charge in [-0.1, -0.05) is 26.0 Å². The van der Waals surface area contributed by atoms with Crippen LogP contribution in [0.4, 0.5) is 0 Å². The quantitative estimate of drug-likeness (QED) is 0.576. The molecular formula is C19H27N3O3. The molecule has 0 aromatic heterocycles. The number of fused-ring (bicyclic) bond motifs is 1. The summed E-state index contributed by atoms with van der Waals surface area (Å²) < 4.78 is 0. The maximum Gasteiger partial charge on any atom is 0.262 e. The Balaban J connectivity index is 2.14. The van der Waals surface area contributed by atoms with Crippen LogP contribution in [0, 0.1) is 5.92 Å². The summed E-state index contributed by atoms with van der Waals surface area (Å²) in [5.41, 5.74) is 0.753. The molecule has 1 heterocycles. The van der Waals surface area contributed by atoms with Crippen LogP contribution in [0.1, 0.15) is 47.4 Å². The predicted octanol–water partition coefficient (Wildman–Crippen LogP) is 1.77. The van der Waals surface area contributed by atoms with E-state index in [1.54, 1.807) is 24.3 Å². The van der Waals surface area contributed by atoms with Crippen molar-refractivity contribution in [3.8, 4) is 0 Å². The second-order valence-corrected chi connectivity index (χ2v) is 7.12. The molecule has 0 radical (unpaired) electrons. The van der Waals surface area contributed by atoms with Crippen LogP contribution in [-0.2, 0) is 4.79 Å². The summed E-state index contributed by atoms with van der Waals surface area (Å²) in [6.45, 7) is 5.34. The number of hydrogen-bond acceptors (Lipinski definition) is 4. The van der Waals surface area contributed by atoms with Gasteiger partial charge in [0.25, 0.3) is 11.8 Å². The summed E-state index contributed by atoms with van der Waals surface area (Å²) in [5, 5.41) is 2.88. The van der Waals surface area contributed by atoms with Crippen LogP contribution in [0.3, 0.4) is 0 Å². The van der Waals surface area contributed by atoms with E-state index < -0.39 is 6.04 Å². The Kier molecular flexibility index (Phi) is 6.31. The molecule has 25 heavy (non-hydrogen) atoms. The molecule has 0 aliphatic carbocycles. The van der Waals surface area contributed by atoms with E-state index in [4.69, 9.17) is 0 Å². The van der Waals surface area contributed by atoms with Crippen molar-refractivity contribution < 1.29 is 14.4 Å². The minimum absolute atomic E-state index is 0.182. The number of imide groups is 1. The van der Waals surface area contributed by atoms with Crippen LogP contribution in [0.2, 0.25) is 0 Å². The van der Waals surface area contributed by atoms with E-state index in [-0.39, 0.29) is 23.6 Å². The molecule has 0 spiro atoms. The molecule has 6 nitrogen and oxygen atoms in total. The lowest BCUT2D eigenvalue weighted by Crippen LogP contribution is -2.50. The van der Waals surface area contributed by atoms with Crippen LogP contribution < -0.4 is 5.32 Å². The first-order chi connectivity index (χ1) is 11.8. The highest BCUT2D eigenvalue weighted by molar-refractivity contribution is 6.22. The van der Waals surface area contributed by atoms with Crippen molar-refractivity contribution >= 4 is 17.7 Å². The van der Waals surface area contributed by atoms with Crippen LogP contribution in [0.5, 0.6) is 0 Å². The van der Waals surface area contributed by atoms with Gasteiger partial charge in [0.2, 0.25) is 5.91 Å². The van der Waals surface area contributed by atoms with Crippen molar-refractivity contribution in [2.45, 2.75) is 32.7 Å². The monoisotopic (exact) mass is 345 g/mol. The van der Waals surface area contributed by atoms with Gasteiger partial charge in [0.05, 0.1) is 11.1 Å². The average Bonchev–Trinajstić information content (AvgIpc) is 2.81. The van der Waals surface area contributed by atoms with E-state index in [1.165, 1.54) is 0 Å². The van der Waals surface area contributed by atoms with Gasteiger partial charge >= 0.3 is 0 Å². The zero-order chi connectivity index (χ0) is 18.6. The van der Waals surface area contributed by atoms with Gasteiger partial charge < -0.3 is 10.2 Å². The molecule has 1 aromatic carbocycles. The van der Waals surface area contributed by atoms with Crippen molar-refractivity contribution in [1.82, 2.24) is 15.1 Å². The van der Waals surface area contributed by atoms with E-state index in [0.29, 0.717) is 24.1 Å². The smallest absolute Gasteiger partial charge is 0.262 e. The van der Waals surface area contributed by atoms with Crippen molar-refractivity contribution in [2.75, 3.05) is 27.2 Å². The maximum absolute atomic E-state index is 12.7. The number of nitrogens with zero attached hydrogens (tertiary/aromatic N) is 2. The lowest BCUT2D eigenvalue weighted by Gasteiger charge is -2.26. The molecule has 1 aliphatic rings. The molecule has 2 rings (SSSR count). The SMILES string of the molecule is CC(C)CC(C(=O)NCCCN(C)C)N1C(=O)c2ccccc2C1=O. The fourth-order valence-electron chi connectivity index (χ4n) is 2.99. The zero-order valence-electron chi connectivity index (χ0n) is 15.4. The van der Waals surface area contributed by atoms with Crippen LogP contribution in [-0.4, -0.2) is 60.7 Å². The highest BCUT2D eigenvalue weighted by Gasteiger charge is 2.42. The van der Waals surface area contributed by atoms with Gasteiger partial charge in [-0.2, -0.15) is 0 Å². The third-order valence-corrected chi connectivity index (χ3v) is 4.22. The third-order valence-electron chi connectivity index (χ3n) is 4.22. The molecule has 0 saturated heterocycles. The highest BCUT2D eigenvalue weighted by atomic mass is 16.2. The zero-order valence-corrected chi connectivity index (χ0v) is 15.4. The van der Waals surface area contributed by atoms with Crippen LogP contribution in [0.25, 0.3) is 0 Å². The van der Waals surface area contributed by atoms with Gasteiger partial charge in [-0.15, -0.1) is 0 Å². The van der Waals surface area contributed by atoms with Gasteiger partial charge in [0.15, 0.2) is 0 Å². The molecule has 0 saturated carbocycles. The first-order valence-corrected chi connectivity index (χ1v) is 8.72. The molecule has 136 valence electrons. The molecular weight excluding hydrogens is 318 g/mol. The molecule has 1 unspecified atom stereocenters. The standard InChI is InChI=1S/C19H27N3O3/c1-13(2)12-16(17(23)20-10-7-11-21(3)4)22-18(24)14-8-5-6-9-15(14)19(22)25/h5-6,8-9,13,16H,7,10-12H2,1-4H3,(H,20,23). The fraction of sp³-hybridized carbons (Fsp3) is 0.526. The van der Waals surface area contributed by atoms with Crippen molar-refractivity contribution in [3.05, 3.63) is 35.4 Å². The van der Waals surface area contributed by atoms with Crippen LogP contribution in [0.15, 0.2) is 24.3 Å². The summed E-state index contributed by atoms with van der Waals surface area (Å²) in [7, 11) is 3.95. The van der Waals surface area contributed by atoms with Gasteiger partial charge in [0, 0.05) is 6.54 Å². The summed E-state index contributed by atoms with van der Waals surface area (Å²) in [5.74, 6) is -0.840. The first kappa shape index (κ1) is 19.1. The number of nitrogens with one attached hydrogen (secondary N) is 1. The third kappa shape index (κ3) is 4.45. The van der Waals surface area contributed by atoms with Gasteiger partial charge in [0.1, 0.15) is 6.04 Å². The second kappa shape index (κ2) is 8.25. The summed E-state index contributed by atoms with van der Waals surface area (Å²) >= 11 is 0. The normalized spacial score (nSPS) is 15.0. The van der Waals surface area contributed by atoms with E-state index in [1.807, 2.05) is 32.8 Å². The Bertz CT molecular complexity index is 620. The molecule has 6 heteroatoms. The highest BCUT2D eigenvalue weighted by Crippen LogP contribution is 2.26. The van der Waals surface area contributed by atoms with Gasteiger partial charge in [-0.05, 0) is 51.5 Å². The average molecular weight is 345 g/mol. The lowest BCUT2D eigenvalue weighted by atomic mass is 10.0. The van der Waals surface area contributed by atoms with Crippen LogP contribution >= 0.6 is 0 Å². The minimum Gasteiger partial charge on any atom is -0.354 e. The Hall–Kier alpha value is -2.21. The Morgan fingerprint density at radius 3 is 2.16 bits per heavy atom. The second-order valence-electron chi connectivity index (χ2n) is 7.12. The predicted molar refractivity (Wildman–Crippen MR) is 96.4 cm³/mol. The Morgan fingerprint density at radius 2 is 1.68 bits per heavy atom. The van der Waals surface area contributed by atoms with E-state index in [0.717, 1.165) is 17.9 Å². The summed E-state index contributed by atoms with van der Waals surface area (Å²) in [6, 6.07) is 5.96. The minimum atomic E-state index is -0.772. The van der Waals surface area contributed by atoms with Crippen molar-refractivity contribution in [3.63, 3.8) is 0 Å². The largest absolute Gasteiger partial charge is 0.354 e. The molecule has 1 N–H and O–H groups in total. The molecule has 1 atom stereocenters. The van der Waals surface area contributed by atoms with Crippen molar-refractivity contribution in [1.29, 1.82) is 0 Å². The number of amides is 3. The van der Waals surface area contributed by atoms with Gasteiger partial charge in [-0.25, -0.2) is 0 Å². The van der Waals surface area contributed by atoms with Crippen molar-refractivity contribution in [2.24, 2.45) is 5.92 Å². The first-order valence-electron chi connectivity index (χ1n) is 8.72. The maximum atomic E-state index is 12.7. The summed E-state index contributed by atoms with van der Waals surface area (Å²) in [4.78, 5) is 41.2. The molecule has 1 aliphatic heterocycles. The van der Waals surface area contributed by atoms with E-state index in [2.05, 4.69) is 5.32 Å². The summed E-state index contributed by atoms with van der Waals surface area (Å²) in [6.07, 6.45) is 1.26. The number of carbonyl (C=O) groups excluding carboxylic acids is 3.